The van der Waals surface area contributed by atoms with Crippen LogP contribution in [0.15, 0.2) is 34.3 Å². The molecule has 0 unspecified atom stereocenters. The third kappa shape index (κ3) is 4.51. The van der Waals surface area contributed by atoms with Crippen LogP contribution in [-0.4, -0.2) is 47.0 Å². The predicted molar refractivity (Wildman–Crippen MR) is 129 cm³/mol. The zero-order chi connectivity index (χ0) is 23.0. The van der Waals surface area contributed by atoms with Crippen molar-refractivity contribution < 1.29 is 9.47 Å². The number of benzene rings is 1. The SMILES string of the molecule is Cc1nc(N)c2c(n1)OC(C)(C)C(c1ccc([C@H]3CC[C@H](CNC4=NCCO4)CC3)cc1)=N2. The molecule has 0 atom stereocenters. The molecule has 1 aromatic heterocycles. The maximum absolute atomic E-state index is 6.18. The summed E-state index contributed by atoms with van der Waals surface area (Å²) >= 11 is 0. The summed E-state index contributed by atoms with van der Waals surface area (Å²) in [6.45, 7) is 8.24. The Labute approximate surface area is 194 Å². The van der Waals surface area contributed by atoms with Crippen molar-refractivity contribution in [1.29, 1.82) is 0 Å². The molecular formula is C25H32N6O2. The van der Waals surface area contributed by atoms with Gasteiger partial charge in [-0.2, -0.15) is 4.98 Å². The van der Waals surface area contributed by atoms with Gasteiger partial charge in [0.05, 0.1) is 12.3 Å². The molecule has 0 amide bonds. The van der Waals surface area contributed by atoms with E-state index in [1.165, 1.54) is 31.2 Å². The average Bonchev–Trinajstić information content (AvgIpc) is 3.31. The van der Waals surface area contributed by atoms with E-state index in [2.05, 4.69) is 44.5 Å². The molecule has 1 saturated carbocycles. The number of fused-ring (bicyclic) bond motifs is 1. The molecule has 2 aliphatic heterocycles. The number of aryl methyl sites for hydroxylation is 1. The molecule has 8 heteroatoms. The van der Waals surface area contributed by atoms with E-state index in [0.717, 1.165) is 30.4 Å². The van der Waals surface area contributed by atoms with E-state index in [9.17, 15) is 0 Å². The lowest BCUT2D eigenvalue weighted by molar-refractivity contribution is 0.171. The number of nitrogens with one attached hydrogen (secondary N) is 1. The second kappa shape index (κ2) is 8.65. The van der Waals surface area contributed by atoms with Crippen LogP contribution in [0.5, 0.6) is 5.88 Å². The van der Waals surface area contributed by atoms with Crippen molar-refractivity contribution in [2.45, 2.75) is 58.0 Å². The van der Waals surface area contributed by atoms with Gasteiger partial charge in [0, 0.05) is 12.1 Å². The first-order valence-electron chi connectivity index (χ1n) is 11.8. The van der Waals surface area contributed by atoms with Crippen LogP contribution in [0.25, 0.3) is 0 Å². The number of aromatic nitrogens is 2. The van der Waals surface area contributed by atoms with E-state index in [-0.39, 0.29) is 0 Å². The number of hydrogen-bond donors (Lipinski definition) is 2. The van der Waals surface area contributed by atoms with Gasteiger partial charge in [-0.15, -0.1) is 0 Å². The molecule has 1 aromatic carbocycles. The van der Waals surface area contributed by atoms with Crippen LogP contribution < -0.4 is 15.8 Å². The van der Waals surface area contributed by atoms with Crippen molar-refractivity contribution in [1.82, 2.24) is 15.3 Å². The van der Waals surface area contributed by atoms with Crippen LogP contribution in [0.2, 0.25) is 0 Å². The van der Waals surface area contributed by atoms with Gasteiger partial charge < -0.3 is 20.5 Å². The summed E-state index contributed by atoms with van der Waals surface area (Å²) in [7, 11) is 0. The summed E-state index contributed by atoms with van der Waals surface area (Å²) in [5, 5.41) is 3.36. The van der Waals surface area contributed by atoms with Crippen molar-refractivity contribution in [3.05, 3.63) is 41.2 Å². The summed E-state index contributed by atoms with van der Waals surface area (Å²) in [6.07, 6.45) is 4.84. The number of amidine groups is 1. The average molecular weight is 449 g/mol. The highest BCUT2D eigenvalue weighted by atomic mass is 16.5. The molecular weight excluding hydrogens is 416 g/mol. The van der Waals surface area contributed by atoms with Crippen molar-refractivity contribution in [2.75, 3.05) is 25.4 Å². The third-order valence-electron chi connectivity index (χ3n) is 6.77. The highest BCUT2D eigenvalue weighted by molar-refractivity contribution is 6.09. The number of ether oxygens (including phenoxy) is 2. The van der Waals surface area contributed by atoms with Gasteiger partial charge in [-0.3, -0.25) is 0 Å². The number of rotatable bonds is 4. The summed E-state index contributed by atoms with van der Waals surface area (Å²) in [6, 6.07) is 9.50. The number of nitrogens with two attached hydrogens (primary N) is 1. The van der Waals surface area contributed by atoms with E-state index in [1.54, 1.807) is 6.92 Å². The summed E-state index contributed by atoms with van der Waals surface area (Å²) < 4.78 is 11.6. The van der Waals surface area contributed by atoms with E-state index in [1.807, 2.05) is 13.8 Å². The largest absolute Gasteiger partial charge is 0.463 e. The zero-order valence-corrected chi connectivity index (χ0v) is 19.6. The Balaban J connectivity index is 1.26. The molecule has 1 fully saturated rings. The van der Waals surface area contributed by atoms with Crippen molar-refractivity contribution in [2.24, 2.45) is 15.9 Å². The molecule has 0 bridgehead atoms. The van der Waals surface area contributed by atoms with E-state index < -0.39 is 5.60 Å². The van der Waals surface area contributed by atoms with Crippen LogP contribution in [0.1, 0.15) is 62.4 Å². The van der Waals surface area contributed by atoms with Crippen LogP contribution in [0.4, 0.5) is 11.5 Å². The van der Waals surface area contributed by atoms with E-state index in [0.29, 0.717) is 41.7 Å². The molecule has 3 N–H and O–H groups in total. The summed E-state index contributed by atoms with van der Waals surface area (Å²) in [5.74, 6) is 2.65. The summed E-state index contributed by atoms with van der Waals surface area (Å²) in [4.78, 5) is 17.8. The third-order valence-corrected chi connectivity index (χ3v) is 6.77. The van der Waals surface area contributed by atoms with Gasteiger partial charge in [0.2, 0.25) is 5.88 Å². The molecule has 174 valence electrons. The second-order valence-electron chi connectivity index (χ2n) is 9.64. The van der Waals surface area contributed by atoms with Crippen molar-refractivity contribution >= 4 is 23.2 Å². The van der Waals surface area contributed by atoms with Crippen molar-refractivity contribution in [3.8, 4) is 5.88 Å². The Bertz CT molecular complexity index is 1080. The maximum Gasteiger partial charge on any atom is 0.284 e. The lowest BCUT2D eigenvalue weighted by atomic mass is 9.78. The molecule has 2 aromatic rings. The van der Waals surface area contributed by atoms with Gasteiger partial charge in [-0.1, -0.05) is 24.3 Å². The number of nitrogen functional groups attached to an aromatic ring is 1. The first-order chi connectivity index (χ1) is 15.9. The van der Waals surface area contributed by atoms with Crippen LogP contribution >= 0.6 is 0 Å². The Hall–Kier alpha value is -3.16. The first kappa shape index (κ1) is 21.7. The van der Waals surface area contributed by atoms with Gasteiger partial charge in [0.15, 0.2) is 11.5 Å². The van der Waals surface area contributed by atoms with Gasteiger partial charge >= 0.3 is 0 Å². The number of hydrogen-bond acceptors (Lipinski definition) is 8. The number of nitrogens with zero attached hydrogens (tertiary/aromatic N) is 4. The van der Waals surface area contributed by atoms with Gasteiger partial charge in [-0.05, 0) is 63.9 Å². The van der Waals surface area contributed by atoms with Crippen LogP contribution in [0, 0.1) is 12.8 Å². The molecule has 0 saturated heterocycles. The Morgan fingerprint density at radius 1 is 1.09 bits per heavy atom. The summed E-state index contributed by atoms with van der Waals surface area (Å²) in [5.41, 5.74) is 9.27. The predicted octanol–water partition coefficient (Wildman–Crippen LogP) is 3.91. The lowest BCUT2D eigenvalue weighted by Crippen LogP contribution is -2.41. The highest BCUT2D eigenvalue weighted by Crippen LogP contribution is 2.40. The minimum absolute atomic E-state index is 0.347. The topological polar surface area (TPSA) is 107 Å². The van der Waals surface area contributed by atoms with Gasteiger partial charge in [0.1, 0.15) is 18.0 Å². The molecule has 8 nitrogen and oxygen atoms in total. The quantitative estimate of drug-likeness (QED) is 0.734. The maximum atomic E-state index is 6.18. The van der Waals surface area contributed by atoms with Gasteiger partial charge in [0.25, 0.3) is 6.02 Å². The molecule has 1 aliphatic carbocycles. The molecule has 0 spiro atoms. The molecule has 33 heavy (non-hydrogen) atoms. The number of anilines is 1. The Morgan fingerprint density at radius 3 is 2.55 bits per heavy atom. The van der Waals surface area contributed by atoms with Crippen molar-refractivity contribution in [3.63, 3.8) is 0 Å². The Morgan fingerprint density at radius 2 is 1.85 bits per heavy atom. The lowest BCUT2D eigenvalue weighted by Gasteiger charge is -2.32. The minimum atomic E-state index is -0.611. The molecule has 3 heterocycles. The molecule has 0 radical (unpaired) electrons. The molecule has 3 aliphatic rings. The normalized spacial score (nSPS) is 23.6. The number of aliphatic imine (C=N–C) groups is 2. The fourth-order valence-corrected chi connectivity index (χ4v) is 4.97. The standard InChI is InChI=1S/C25H32N6O2/c1-15-29-22(26)20-23(30-15)33-25(2,3)21(31-20)19-10-8-18(9-11-19)17-6-4-16(5-7-17)14-28-24-27-12-13-32-24/h8-11,16-17H,4-7,12-14H2,1-3H3,(H,27,28)(H2,26,29,30)/t16-,17-. The van der Waals surface area contributed by atoms with Crippen LogP contribution in [-0.2, 0) is 4.74 Å². The monoisotopic (exact) mass is 448 g/mol. The highest BCUT2D eigenvalue weighted by Gasteiger charge is 2.35. The second-order valence-corrected chi connectivity index (χ2v) is 9.64. The van der Waals surface area contributed by atoms with E-state index in [4.69, 9.17) is 20.2 Å². The molecule has 5 rings (SSSR count). The smallest absolute Gasteiger partial charge is 0.284 e. The minimum Gasteiger partial charge on any atom is -0.463 e. The first-order valence-corrected chi connectivity index (χ1v) is 11.8. The van der Waals surface area contributed by atoms with Crippen LogP contribution in [0.3, 0.4) is 0 Å². The Kier molecular flexibility index (Phi) is 5.68. The fraction of sp³-hybridized carbons (Fsp3) is 0.520. The zero-order valence-electron chi connectivity index (χ0n) is 19.6. The fourth-order valence-electron chi connectivity index (χ4n) is 4.97. The van der Waals surface area contributed by atoms with Gasteiger partial charge in [-0.25, -0.2) is 15.0 Å². The van der Waals surface area contributed by atoms with E-state index >= 15 is 0 Å².